The standard InChI is InChI=1S/C19H25NO2S/c1-2-3-5-12-17-13-15-23(18(17)20-19(21)22)14-8-11-16-9-6-4-7-10-16/h4,6-7,9-10,13,15,20H,2-3,5,8,11-12,14H2,1H3/p+1. The monoisotopic (exact) mass is 332 g/mol. The fraction of sp³-hybridized carbons (Fsp3) is 0.421. The van der Waals surface area contributed by atoms with Crippen molar-refractivity contribution in [3.05, 3.63) is 52.9 Å². The molecule has 0 saturated heterocycles. The van der Waals surface area contributed by atoms with Gasteiger partial charge < -0.3 is 5.11 Å². The molecule has 0 saturated carbocycles. The normalized spacial score (nSPS) is 11.4. The number of aryl methyl sites for hydroxylation is 3. The molecule has 0 spiro atoms. The summed E-state index contributed by atoms with van der Waals surface area (Å²) in [4.78, 5) is 11.1. The molecule has 2 N–H and O–H groups in total. The van der Waals surface area contributed by atoms with Gasteiger partial charge in [0.15, 0.2) is 0 Å². The fourth-order valence-corrected chi connectivity index (χ4v) is 4.71. The predicted octanol–water partition coefficient (Wildman–Crippen LogP) is 5.89. The minimum Gasteiger partial charge on any atom is -0.465 e. The number of thiophene rings is 1. The number of carbonyl (C=O) groups is 1. The summed E-state index contributed by atoms with van der Waals surface area (Å²) in [5.74, 6) is 1.01. The van der Waals surface area contributed by atoms with E-state index in [-0.39, 0.29) is 10.5 Å². The first-order chi connectivity index (χ1) is 11.2. The average molecular weight is 332 g/mol. The number of nitrogens with one attached hydrogen (secondary N) is 1. The average Bonchev–Trinajstić information content (AvgIpc) is 2.90. The predicted molar refractivity (Wildman–Crippen MR) is 98.6 cm³/mol. The molecule has 1 amide bonds. The van der Waals surface area contributed by atoms with E-state index in [2.05, 4.69) is 48.0 Å². The highest BCUT2D eigenvalue weighted by atomic mass is 32.2. The van der Waals surface area contributed by atoms with Crippen molar-refractivity contribution in [3.8, 4) is 0 Å². The van der Waals surface area contributed by atoms with Crippen LogP contribution in [0.25, 0.3) is 0 Å². The molecule has 1 atom stereocenters. The number of amides is 1. The quantitative estimate of drug-likeness (QED) is 0.444. The van der Waals surface area contributed by atoms with E-state index in [1.165, 1.54) is 24.0 Å². The summed E-state index contributed by atoms with van der Waals surface area (Å²) in [6, 6.07) is 12.6. The van der Waals surface area contributed by atoms with Crippen LogP contribution in [0.15, 0.2) is 41.8 Å². The molecule has 0 bridgehead atoms. The first kappa shape index (κ1) is 17.5. The van der Waals surface area contributed by atoms with Gasteiger partial charge in [-0.1, -0.05) is 50.1 Å². The van der Waals surface area contributed by atoms with Crippen LogP contribution in [-0.4, -0.2) is 11.2 Å². The molecule has 1 aromatic heterocycles. The molecule has 2 aromatic rings. The van der Waals surface area contributed by atoms with Crippen molar-refractivity contribution < 1.29 is 9.90 Å². The third-order valence-corrected chi connectivity index (χ3v) is 6.01. The highest BCUT2D eigenvalue weighted by Crippen LogP contribution is 2.37. The molecule has 0 radical (unpaired) electrons. The van der Waals surface area contributed by atoms with Gasteiger partial charge in [-0.2, -0.15) is 0 Å². The lowest BCUT2D eigenvalue weighted by molar-refractivity contribution is 0.210. The first-order valence-electron chi connectivity index (χ1n) is 8.35. The van der Waals surface area contributed by atoms with E-state index in [1.54, 1.807) is 0 Å². The van der Waals surface area contributed by atoms with Crippen molar-refractivity contribution in [1.29, 1.82) is 0 Å². The molecule has 23 heavy (non-hydrogen) atoms. The molecule has 1 unspecified atom stereocenters. The Morgan fingerprint density at radius 2 is 1.87 bits per heavy atom. The lowest BCUT2D eigenvalue weighted by Gasteiger charge is -2.02. The largest absolute Gasteiger partial charge is 0.465 e. The molecule has 3 nitrogen and oxygen atoms in total. The smallest absolute Gasteiger partial charge is 0.412 e. The van der Waals surface area contributed by atoms with Gasteiger partial charge in [0.05, 0.1) is 0 Å². The minimum atomic E-state index is -0.947. The summed E-state index contributed by atoms with van der Waals surface area (Å²) in [7, 11) is -0.0877. The van der Waals surface area contributed by atoms with Crippen LogP contribution in [0.4, 0.5) is 9.80 Å². The molecular formula is C19H26NO2S+. The number of hydrogen-bond donors (Lipinski definition) is 2. The van der Waals surface area contributed by atoms with Crippen molar-refractivity contribution in [2.45, 2.75) is 51.2 Å². The van der Waals surface area contributed by atoms with Crippen LogP contribution in [0.5, 0.6) is 0 Å². The van der Waals surface area contributed by atoms with Gasteiger partial charge in [0.25, 0.3) is 5.00 Å². The zero-order valence-electron chi connectivity index (χ0n) is 13.8. The van der Waals surface area contributed by atoms with Crippen LogP contribution in [0.3, 0.4) is 0 Å². The number of anilines is 1. The minimum absolute atomic E-state index is 0.0877. The molecule has 2 rings (SSSR count). The summed E-state index contributed by atoms with van der Waals surface area (Å²) < 4.78 is 0. The van der Waals surface area contributed by atoms with Gasteiger partial charge in [-0.25, -0.2) is 10.1 Å². The van der Waals surface area contributed by atoms with E-state index < -0.39 is 6.09 Å². The van der Waals surface area contributed by atoms with Crippen LogP contribution in [0.2, 0.25) is 0 Å². The van der Waals surface area contributed by atoms with Crippen LogP contribution in [-0.2, 0) is 18.6 Å². The van der Waals surface area contributed by atoms with Gasteiger partial charge in [-0.05, 0) is 24.8 Å². The van der Waals surface area contributed by atoms with Gasteiger partial charge >= 0.3 is 6.09 Å². The molecule has 0 aliphatic rings. The molecule has 0 fully saturated rings. The molecule has 1 heterocycles. The number of unbranched alkanes of at least 4 members (excludes halogenated alkanes) is 2. The summed E-state index contributed by atoms with van der Waals surface area (Å²) in [5.41, 5.74) is 2.53. The fourth-order valence-electron chi connectivity index (χ4n) is 2.73. The maximum Gasteiger partial charge on any atom is 0.412 e. The Labute approximate surface area is 141 Å². The van der Waals surface area contributed by atoms with Gasteiger partial charge in [0, 0.05) is 28.5 Å². The van der Waals surface area contributed by atoms with E-state index in [4.69, 9.17) is 5.11 Å². The number of rotatable bonds is 9. The van der Waals surface area contributed by atoms with Crippen LogP contribution in [0.1, 0.15) is 43.7 Å². The van der Waals surface area contributed by atoms with Crippen LogP contribution >= 0.6 is 10.5 Å². The van der Waals surface area contributed by atoms with E-state index in [0.29, 0.717) is 0 Å². The molecular weight excluding hydrogens is 306 g/mol. The van der Waals surface area contributed by atoms with E-state index in [1.807, 2.05) is 6.07 Å². The third kappa shape index (κ3) is 5.71. The van der Waals surface area contributed by atoms with Gasteiger partial charge in [-0.15, -0.1) is 0 Å². The highest BCUT2D eigenvalue weighted by molar-refractivity contribution is 7.33. The lowest BCUT2D eigenvalue weighted by atomic mass is 10.1. The van der Waals surface area contributed by atoms with Gasteiger partial charge in [-0.3, -0.25) is 0 Å². The SMILES string of the molecule is CCCCCc1cc[s+](CCCc2ccccc2)c1NC(=O)O. The number of benzene rings is 1. The maximum absolute atomic E-state index is 11.1. The third-order valence-electron chi connectivity index (χ3n) is 3.93. The first-order valence-corrected chi connectivity index (χ1v) is 9.81. The number of hydrogen-bond acceptors (Lipinski definition) is 1. The van der Waals surface area contributed by atoms with E-state index >= 15 is 0 Å². The lowest BCUT2D eigenvalue weighted by Crippen LogP contribution is -2.08. The Kier molecular flexibility index (Phi) is 7.14. The molecule has 1 aromatic carbocycles. The highest BCUT2D eigenvalue weighted by Gasteiger charge is 2.21. The van der Waals surface area contributed by atoms with E-state index in [9.17, 15) is 4.79 Å². The second-order valence-electron chi connectivity index (χ2n) is 5.77. The Morgan fingerprint density at radius 1 is 1.09 bits per heavy atom. The Bertz CT molecular complexity index is 607. The molecule has 0 aliphatic carbocycles. The van der Waals surface area contributed by atoms with Gasteiger partial charge in [0.1, 0.15) is 11.1 Å². The molecule has 4 heteroatoms. The Hall–Kier alpha value is -1.81. The zero-order chi connectivity index (χ0) is 16.5. The zero-order valence-corrected chi connectivity index (χ0v) is 14.6. The summed E-state index contributed by atoms with van der Waals surface area (Å²) in [6.07, 6.45) is 5.65. The number of carboxylic acid groups (broad SMARTS) is 1. The maximum atomic E-state index is 11.1. The van der Waals surface area contributed by atoms with Crippen molar-refractivity contribution >= 4 is 21.6 Å². The van der Waals surface area contributed by atoms with Crippen molar-refractivity contribution in [2.75, 3.05) is 5.32 Å². The van der Waals surface area contributed by atoms with Gasteiger partial charge in [0.2, 0.25) is 0 Å². The molecule has 124 valence electrons. The van der Waals surface area contributed by atoms with Crippen LogP contribution in [0, 0.1) is 0 Å². The summed E-state index contributed by atoms with van der Waals surface area (Å²) in [5, 5.41) is 14.9. The van der Waals surface area contributed by atoms with Crippen molar-refractivity contribution in [3.63, 3.8) is 0 Å². The second kappa shape index (κ2) is 9.36. The Morgan fingerprint density at radius 3 is 2.57 bits per heavy atom. The van der Waals surface area contributed by atoms with Crippen molar-refractivity contribution in [2.24, 2.45) is 0 Å². The van der Waals surface area contributed by atoms with E-state index in [0.717, 1.165) is 36.4 Å². The molecule has 0 aliphatic heterocycles. The van der Waals surface area contributed by atoms with Crippen molar-refractivity contribution in [1.82, 2.24) is 0 Å². The van der Waals surface area contributed by atoms with Crippen LogP contribution < -0.4 is 5.32 Å². The second-order valence-corrected chi connectivity index (χ2v) is 7.71. The summed E-state index contributed by atoms with van der Waals surface area (Å²) >= 11 is 0. The Balaban J connectivity index is 1.97. The summed E-state index contributed by atoms with van der Waals surface area (Å²) in [6.45, 7) is 2.18. The topological polar surface area (TPSA) is 49.3 Å².